The molecule has 1 saturated heterocycles. The van der Waals surface area contributed by atoms with Gasteiger partial charge in [0.1, 0.15) is 11.3 Å². The molecule has 2 aliphatic rings. The maximum atomic E-state index is 15.3. The topological polar surface area (TPSA) is 112 Å². The Morgan fingerprint density at radius 1 is 1.33 bits per heavy atom. The molecule has 2 aromatic rings. The highest BCUT2D eigenvalue weighted by molar-refractivity contribution is 5.97. The second-order valence-electron chi connectivity index (χ2n) is 8.29. The summed E-state index contributed by atoms with van der Waals surface area (Å²) in [6.07, 6.45) is 4.23. The molecule has 8 nitrogen and oxygen atoms in total. The minimum atomic E-state index is -1.36. The van der Waals surface area contributed by atoms with E-state index in [9.17, 15) is 24.9 Å². The molecule has 2 heterocycles. The lowest BCUT2D eigenvalue weighted by atomic mass is 9.81. The SMILES string of the molecule is COc1c(N2CCCC(CO)(CO)C2)c(F)cc2c(=O)c(C(=O)O)cn(C3CC3)c12. The summed E-state index contributed by atoms with van der Waals surface area (Å²) in [6, 6.07) is 1.10. The third kappa shape index (κ3) is 3.22. The van der Waals surface area contributed by atoms with Crippen LogP contribution in [0.25, 0.3) is 10.9 Å². The number of ether oxygens (including phenoxy) is 1. The summed E-state index contributed by atoms with van der Waals surface area (Å²) in [5.74, 6) is -1.89. The first-order valence-electron chi connectivity index (χ1n) is 10.0. The molecule has 0 bridgehead atoms. The maximum absolute atomic E-state index is 15.3. The average molecular weight is 420 g/mol. The summed E-state index contributed by atoms with van der Waals surface area (Å²) in [5, 5.41) is 29.0. The Hall–Kier alpha value is -2.65. The Morgan fingerprint density at radius 2 is 2.03 bits per heavy atom. The number of carboxylic acid groups (broad SMARTS) is 1. The van der Waals surface area contributed by atoms with E-state index in [2.05, 4.69) is 0 Å². The van der Waals surface area contributed by atoms with Crippen molar-refractivity contribution in [3.8, 4) is 5.75 Å². The smallest absolute Gasteiger partial charge is 0.341 e. The van der Waals surface area contributed by atoms with Crippen LogP contribution in [-0.2, 0) is 0 Å². The predicted octanol–water partition coefficient (Wildman–Crippen LogP) is 1.75. The second kappa shape index (κ2) is 7.55. The van der Waals surface area contributed by atoms with Crippen LogP contribution >= 0.6 is 0 Å². The zero-order valence-electron chi connectivity index (χ0n) is 16.7. The van der Waals surface area contributed by atoms with E-state index < -0.39 is 28.2 Å². The van der Waals surface area contributed by atoms with Crippen LogP contribution in [0.1, 0.15) is 42.1 Å². The van der Waals surface area contributed by atoms with Gasteiger partial charge in [-0.05, 0) is 31.7 Å². The molecule has 0 amide bonds. The van der Waals surface area contributed by atoms with Crippen molar-refractivity contribution in [2.45, 2.75) is 31.7 Å². The van der Waals surface area contributed by atoms with Gasteiger partial charge >= 0.3 is 5.97 Å². The van der Waals surface area contributed by atoms with Gasteiger partial charge in [0.15, 0.2) is 11.6 Å². The molecule has 1 aromatic carbocycles. The maximum Gasteiger partial charge on any atom is 0.341 e. The Balaban J connectivity index is 1.97. The number of aliphatic hydroxyl groups excluding tert-OH is 2. The first-order chi connectivity index (χ1) is 14.4. The fourth-order valence-corrected chi connectivity index (χ4v) is 4.43. The number of halogens is 1. The molecule has 1 aliphatic carbocycles. The number of methoxy groups -OCH3 is 1. The molecule has 30 heavy (non-hydrogen) atoms. The third-order valence-electron chi connectivity index (χ3n) is 6.22. The number of hydrogen-bond acceptors (Lipinski definition) is 6. The predicted molar refractivity (Wildman–Crippen MR) is 108 cm³/mol. The Kier molecular flexibility index (Phi) is 5.19. The van der Waals surface area contributed by atoms with E-state index in [1.807, 2.05) is 0 Å². The number of rotatable bonds is 6. The summed E-state index contributed by atoms with van der Waals surface area (Å²) in [6.45, 7) is 0.277. The molecular formula is C21H25FN2O6. The van der Waals surface area contributed by atoms with Crippen LogP contribution in [0.5, 0.6) is 5.75 Å². The minimum Gasteiger partial charge on any atom is -0.492 e. The molecule has 3 N–H and O–H groups in total. The van der Waals surface area contributed by atoms with E-state index >= 15 is 4.39 Å². The standard InChI is InChI=1S/C21H25FN2O6/c1-30-19-16-13(18(27)14(20(28)29)8-24(16)12-3-4-12)7-15(22)17(19)23-6-2-5-21(9-23,10-25)11-26/h7-8,12,25-26H,2-6,9-11H2,1H3,(H,28,29). The fourth-order valence-electron chi connectivity index (χ4n) is 4.43. The number of carboxylic acids is 1. The third-order valence-corrected chi connectivity index (χ3v) is 6.22. The summed E-state index contributed by atoms with van der Waals surface area (Å²) in [7, 11) is 1.39. The lowest BCUT2D eigenvalue weighted by molar-refractivity contribution is 0.0419. The van der Waals surface area contributed by atoms with Crippen LogP contribution < -0.4 is 15.1 Å². The number of aromatic nitrogens is 1. The van der Waals surface area contributed by atoms with Gasteiger partial charge in [0.2, 0.25) is 5.43 Å². The zero-order valence-corrected chi connectivity index (χ0v) is 16.7. The summed E-state index contributed by atoms with van der Waals surface area (Å²) < 4.78 is 22.6. The summed E-state index contributed by atoms with van der Waals surface area (Å²) in [4.78, 5) is 26.1. The lowest BCUT2D eigenvalue weighted by Crippen LogP contribution is -2.48. The number of aliphatic hydroxyl groups is 2. The number of aromatic carboxylic acids is 1. The van der Waals surface area contributed by atoms with Crippen molar-refractivity contribution in [3.05, 3.63) is 33.9 Å². The van der Waals surface area contributed by atoms with Gasteiger partial charge < -0.3 is 29.5 Å². The van der Waals surface area contributed by atoms with Gasteiger partial charge in [0.25, 0.3) is 0 Å². The number of carbonyl (C=O) groups is 1. The van der Waals surface area contributed by atoms with Crippen molar-refractivity contribution in [2.75, 3.05) is 38.3 Å². The molecule has 1 aliphatic heterocycles. The monoisotopic (exact) mass is 420 g/mol. The highest BCUT2D eigenvalue weighted by Gasteiger charge is 2.38. The second-order valence-corrected chi connectivity index (χ2v) is 8.29. The highest BCUT2D eigenvalue weighted by Crippen LogP contribution is 2.45. The number of fused-ring (bicyclic) bond motifs is 1. The number of anilines is 1. The highest BCUT2D eigenvalue weighted by atomic mass is 19.1. The number of pyridine rings is 1. The number of hydrogen-bond donors (Lipinski definition) is 3. The Bertz CT molecular complexity index is 1060. The van der Waals surface area contributed by atoms with Crippen molar-refractivity contribution < 1.29 is 29.2 Å². The van der Waals surface area contributed by atoms with Gasteiger partial charge in [-0.3, -0.25) is 4.79 Å². The lowest BCUT2D eigenvalue weighted by Gasteiger charge is -2.42. The molecule has 0 unspecified atom stereocenters. The van der Waals surface area contributed by atoms with E-state index in [0.717, 1.165) is 18.9 Å². The van der Waals surface area contributed by atoms with Gasteiger partial charge in [-0.2, -0.15) is 0 Å². The number of benzene rings is 1. The van der Waals surface area contributed by atoms with Gasteiger partial charge in [0, 0.05) is 30.7 Å². The van der Waals surface area contributed by atoms with Gasteiger partial charge in [0.05, 0.1) is 31.2 Å². The molecule has 1 saturated carbocycles. The van der Waals surface area contributed by atoms with Crippen LogP contribution in [0.2, 0.25) is 0 Å². The van der Waals surface area contributed by atoms with Crippen LogP contribution in [0.3, 0.4) is 0 Å². The van der Waals surface area contributed by atoms with Crippen LogP contribution in [0.15, 0.2) is 17.1 Å². The molecular weight excluding hydrogens is 395 g/mol. The van der Waals surface area contributed by atoms with Crippen LogP contribution in [-0.4, -0.2) is 59.3 Å². The quantitative estimate of drug-likeness (QED) is 0.653. The fraction of sp³-hybridized carbons (Fsp3) is 0.524. The van der Waals surface area contributed by atoms with Gasteiger partial charge in [-0.15, -0.1) is 0 Å². The average Bonchev–Trinajstić information content (AvgIpc) is 3.58. The molecule has 162 valence electrons. The molecule has 0 atom stereocenters. The van der Waals surface area contributed by atoms with E-state index in [-0.39, 0.29) is 42.6 Å². The van der Waals surface area contributed by atoms with Crippen molar-refractivity contribution in [3.63, 3.8) is 0 Å². The molecule has 2 fully saturated rings. The molecule has 4 rings (SSSR count). The van der Waals surface area contributed by atoms with Crippen molar-refractivity contribution in [2.24, 2.45) is 5.41 Å². The Labute approximate surface area is 172 Å². The van der Waals surface area contributed by atoms with Crippen LogP contribution in [0.4, 0.5) is 10.1 Å². The first-order valence-corrected chi connectivity index (χ1v) is 10.0. The van der Waals surface area contributed by atoms with Gasteiger partial charge in [-0.25, -0.2) is 9.18 Å². The zero-order chi connectivity index (χ0) is 21.6. The van der Waals surface area contributed by atoms with Gasteiger partial charge in [-0.1, -0.05) is 0 Å². The Morgan fingerprint density at radius 3 is 2.60 bits per heavy atom. The minimum absolute atomic E-state index is 0.0220. The van der Waals surface area contributed by atoms with Crippen LogP contribution in [0, 0.1) is 11.2 Å². The summed E-state index contributed by atoms with van der Waals surface area (Å²) in [5.41, 5.74) is -1.38. The van der Waals surface area contributed by atoms with Crippen molar-refractivity contribution >= 4 is 22.6 Å². The molecule has 9 heteroatoms. The van der Waals surface area contributed by atoms with E-state index in [1.54, 1.807) is 9.47 Å². The number of piperidine rings is 1. The van der Waals surface area contributed by atoms with E-state index in [0.29, 0.717) is 24.9 Å². The normalized spacial score (nSPS) is 18.6. The van der Waals surface area contributed by atoms with Crippen molar-refractivity contribution in [1.82, 2.24) is 4.57 Å². The van der Waals surface area contributed by atoms with E-state index in [1.165, 1.54) is 13.3 Å². The van der Waals surface area contributed by atoms with E-state index in [4.69, 9.17) is 4.74 Å². The largest absolute Gasteiger partial charge is 0.492 e. The molecule has 0 spiro atoms. The molecule has 1 aromatic heterocycles. The van der Waals surface area contributed by atoms with Crippen molar-refractivity contribution in [1.29, 1.82) is 0 Å². The summed E-state index contributed by atoms with van der Waals surface area (Å²) >= 11 is 0. The first kappa shape index (κ1) is 20.6. The molecule has 0 radical (unpaired) electrons. The number of nitrogens with zero attached hydrogens (tertiary/aromatic N) is 2.